The third-order valence-corrected chi connectivity index (χ3v) is 5.54. The second kappa shape index (κ2) is 7.97. The van der Waals surface area contributed by atoms with Crippen LogP contribution in [0, 0.1) is 6.92 Å². The second-order valence-electron chi connectivity index (χ2n) is 7.20. The van der Waals surface area contributed by atoms with Crippen molar-refractivity contribution in [3.05, 3.63) is 86.9 Å². The Morgan fingerprint density at radius 1 is 1.03 bits per heavy atom. The van der Waals surface area contributed by atoms with Crippen LogP contribution in [0.4, 0.5) is 5.69 Å². The molecule has 1 aliphatic heterocycles. The number of halogens is 2. The summed E-state index contributed by atoms with van der Waals surface area (Å²) in [4.78, 5) is 14.8. The van der Waals surface area contributed by atoms with Gasteiger partial charge < -0.3 is 15.4 Å². The molecule has 0 bridgehead atoms. The molecule has 3 aromatic rings. The summed E-state index contributed by atoms with van der Waals surface area (Å²) in [6.07, 6.45) is 0.757. The van der Waals surface area contributed by atoms with Gasteiger partial charge in [-0.2, -0.15) is 0 Å². The van der Waals surface area contributed by atoms with E-state index in [4.69, 9.17) is 33.7 Å². The number of fused-ring (bicyclic) bond motifs is 1. The normalized spacial score (nSPS) is 13.3. The quantitative estimate of drug-likeness (QED) is 0.530. The van der Waals surface area contributed by atoms with Crippen molar-refractivity contribution in [2.45, 2.75) is 19.9 Å². The molecule has 0 spiro atoms. The summed E-state index contributed by atoms with van der Waals surface area (Å²) < 4.78 is 5.89. The number of hydrogen-bond acceptors (Lipinski definition) is 3. The second-order valence-corrected chi connectivity index (χ2v) is 8.01. The Bertz CT molecular complexity index is 1060. The number of nitrogens with two attached hydrogens (primary N) is 1. The molecule has 148 valence electrons. The minimum absolute atomic E-state index is 0.0296. The number of carbonyl (C=O) groups excluding carboxylic acids is 1. The van der Waals surface area contributed by atoms with E-state index in [9.17, 15) is 4.79 Å². The van der Waals surface area contributed by atoms with Crippen molar-refractivity contribution in [3.8, 4) is 11.5 Å². The van der Waals surface area contributed by atoms with Crippen molar-refractivity contribution >= 4 is 34.8 Å². The van der Waals surface area contributed by atoms with Gasteiger partial charge in [-0.15, -0.1) is 0 Å². The van der Waals surface area contributed by atoms with Crippen LogP contribution in [0.15, 0.2) is 54.6 Å². The molecular weight excluding hydrogens is 407 g/mol. The lowest BCUT2D eigenvalue weighted by atomic mass is 9.98. The van der Waals surface area contributed by atoms with Gasteiger partial charge in [-0.1, -0.05) is 53.0 Å². The first-order valence-electron chi connectivity index (χ1n) is 9.31. The molecule has 0 aliphatic carbocycles. The van der Waals surface area contributed by atoms with Crippen LogP contribution in [0.3, 0.4) is 0 Å². The summed E-state index contributed by atoms with van der Waals surface area (Å²) >= 11 is 12.4. The first-order valence-corrected chi connectivity index (χ1v) is 10.1. The van der Waals surface area contributed by atoms with Crippen LogP contribution < -0.4 is 10.5 Å². The molecule has 0 atom stereocenters. The Morgan fingerprint density at radius 2 is 1.72 bits per heavy atom. The number of ether oxygens (including phenoxy) is 1. The van der Waals surface area contributed by atoms with Gasteiger partial charge in [-0.25, -0.2) is 0 Å². The van der Waals surface area contributed by atoms with Gasteiger partial charge in [0.15, 0.2) is 5.75 Å². The van der Waals surface area contributed by atoms with E-state index in [2.05, 4.69) is 31.2 Å². The zero-order chi connectivity index (χ0) is 20.5. The van der Waals surface area contributed by atoms with Crippen LogP contribution in [-0.4, -0.2) is 17.4 Å². The molecule has 6 heteroatoms. The molecule has 1 aliphatic rings. The number of nitrogen functional groups attached to an aromatic ring is 1. The smallest absolute Gasteiger partial charge is 0.254 e. The van der Waals surface area contributed by atoms with E-state index >= 15 is 0 Å². The highest BCUT2D eigenvalue weighted by Gasteiger charge is 2.25. The fourth-order valence-electron chi connectivity index (χ4n) is 3.44. The van der Waals surface area contributed by atoms with E-state index in [0.29, 0.717) is 45.9 Å². The first kappa shape index (κ1) is 19.6. The zero-order valence-corrected chi connectivity index (χ0v) is 17.4. The molecule has 29 heavy (non-hydrogen) atoms. The summed E-state index contributed by atoms with van der Waals surface area (Å²) in [7, 11) is 0. The maximum absolute atomic E-state index is 12.9. The molecule has 0 fully saturated rings. The highest BCUT2D eigenvalue weighted by atomic mass is 35.5. The van der Waals surface area contributed by atoms with Crippen molar-refractivity contribution < 1.29 is 9.53 Å². The van der Waals surface area contributed by atoms with E-state index in [1.165, 1.54) is 5.56 Å². The van der Waals surface area contributed by atoms with E-state index in [1.807, 2.05) is 11.0 Å². The van der Waals surface area contributed by atoms with Crippen LogP contribution in [0.5, 0.6) is 11.5 Å². The van der Waals surface area contributed by atoms with Crippen LogP contribution >= 0.6 is 23.2 Å². The molecule has 4 nitrogen and oxygen atoms in total. The van der Waals surface area contributed by atoms with E-state index in [-0.39, 0.29) is 5.91 Å². The molecule has 3 aromatic carbocycles. The number of amides is 1. The predicted molar refractivity (Wildman–Crippen MR) is 117 cm³/mol. The Hall–Kier alpha value is -2.69. The number of nitrogens with zero attached hydrogens (tertiary/aromatic N) is 1. The third kappa shape index (κ3) is 4.19. The SMILES string of the molecule is Cc1ccc(CN2CCc3cc(Oc4c(Cl)cc(N)cc4Cl)ccc3C2=O)cc1. The van der Waals surface area contributed by atoms with Crippen molar-refractivity contribution in [2.24, 2.45) is 0 Å². The average Bonchev–Trinajstić information content (AvgIpc) is 2.68. The van der Waals surface area contributed by atoms with Gasteiger partial charge in [-0.05, 0) is 54.8 Å². The molecule has 0 radical (unpaired) electrons. The van der Waals surface area contributed by atoms with Crippen LogP contribution in [-0.2, 0) is 13.0 Å². The van der Waals surface area contributed by atoms with Gasteiger partial charge in [0, 0.05) is 24.3 Å². The summed E-state index contributed by atoms with van der Waals surface area (Å²) in [6.45, 7) is 3.32. The average molecular weight is 427 g/mol. The summed E-state index contributed by atoms with van der Waals surface area (Å²) in [5.74, 6) is 0.963. The van der Waals surface area contributed by atoms with Gasteiger partial charge in [0.1, 0.15) is 5.75 Å². The fraction of sp³-hybridized carbons (Fsp3) is 0.174. The Balaban J connectivity index is 1.53. The lowest BCUT2D eigenvalue weighted by Gasteiger charge is -2.29. The lowest BCUT2D eigenvalue weighted by Crippen LogP contribution is -2.37. The van der Waals surface area contributed by atoms with Crippen molar-refractivity contribution in [2.75, 3.05) is 12.3 Å². The minimum Gasteiger partial charge on any atom is -0.454 e. The Kier molecular flexibility index (Phi) is 5.39. The maximum Gasteiger partial charge on any atom is 0.254 e. The molecule has 2 N–H and O–H groups in total. The highest BCUT2D eigenvalue weighted by Crippen LogP contribution is 2.38. The van der Waals surface area contributed by atoms with Gasteiger partial charge in [-0.3, -0.25) is 4.79 Å². The summed E-state index contributed by atoms with van der Waals surface area (Å²) in [5.41, 5.74) is 10.2. The molecule has 1 amide bonds. The fourth-order valence-corrected chi connectivity index (χ4v) is 4.02. The van der Waals surface area contributed by atoms with E-state index < -0.39 is 0 Å². The van der Waals surface area contributed by atoms with Crippen molar-refractivity contribution in [3.63, 3.8) is 0 Å². The molecule has 0 saturated heterocycles. The maximum atomic E-state index is 12.9. The van der Waals surface area contributed by atoms with Crippen LogP contribution in [0.2, 0.25) is 10.0 Å². The van der Waals surface area contributed by atoms with Crippen molar-refractivity contribution in [1.29, 1.82) is 0 Å². The Labute approximate surface area is 179 Å². The Morgan fingerprint density at radius 3 is 2.41 bits per heavy atom. The van der Waals surface area contributed by atoms with E-state index in [0.717, 1.165) is 17.5 Å². The minimum atomic E-state index is 0.0296. The largest absolute Gasteiger partial charge is 0.454 e. The summed E-state index contributed by atoms with van der Waals surface area (Å²) in [5, 5.41) is 0.682. The van der Waals surface area contributed by atoms with Gasteiger partial charge in [0.05, 0.1) is 10.0 Å². The predicted octanol–water partition coefficient (Wildman–Crippen LogP) is 5.87. The standard InChI is InChI=1S/C23H20Cl2N2O2/c1-14-2-4-15(5-3-14)13-27-9-8-16-10-18(6-7-19(16)23(27)28)29-22-20(24)11-17(26)12-21(22)25/h2-7,10-12H,8-9,13,26H2,1H3. The van der Waals surface area contributed by atoms with Gasteiger partial charge >= 0.3 is 0 Å². The molecule has 0 unspecified atom stereocenters. The number of carbonyl (C=O) groups is 1. The first-order chi connectivity index (χ1) is 13.9. The monoisotopic (exact) mass is 426 g/mol. The van der Waals surface area contributed by atoms with Gasteiger partial charge in [0.25, 0.3) is 5.91 Å². The van der Waals surface area contributed by atoms with E-state index in [1.54, 1.807) is 24.3 Å². The third-order valence-electron chi connectivity index (χ3n) is 4.98. The number of benzene rings is 3. The topological polar surface area (TPSA) is 55.6 Å². The molecule has 0 saturated carbocycles. The lowest BCUT2D eigenvalue weighted by molar-refractivity contribution is 0.0727. The number of aryl methyl sites for hydroxylation is 1. The molecular formula is C23H20Cl2N2O2. The molecule has 0 aromatic heterocycles. The molecule has 1 heterocycles. The highest BCUT2D eigenvalue weighted by molar-refractivity contribution is 6.37. The number of anilines is 1. The number of rotatable bonds is 4. The number of hydrogen-bond donors (Lipinski definition) is 1. The summed E-state index contributed by atoms with van der Waals surface area (Å²) in [6, 6.07) is 16.9. The van der Waals surface area contributed by atoms with Crippen LogP contribution in [0.1, 0.15) is 27.0 Å². The van der Waals surface area contributed by atoms with Gasteiger partial charge in [0.2, 0.25) is 0 Å². The van der Waals surface area contributed by atoms with Crippen molar-refractivity contribution in [1.82, 2.24) is 4.90 Å². The zero-order valence-electron chi connectivity index (χ0n) is 15.9. The molecule has 4 rings (SSSR count). The van der Waals surface area contributed by atoms with Crippen LogP contribution in [0.25, 0.3) is 0 Å².